The van der Waals surface area contributed by atoms with Crippen molar-refractivity contribution < 1.29 is 9.18 Å². The number of nitrogens with one attached hydrogen (secondary N) is 1. The van der Waals surface area contributed by atoms with E-state index in [1.54, 1.807) is 12.1 Å². The number of amides is 1. The van der Waals surface area contributed by atoms with Gasteiger partial charge in [-0.2, -0.15) is 11.8 Å². The summed E-state index contributed by atoms with van der Waals surface area (Å²) in [5, 5.41) is 2.86. The van der Waals surface area contributed by atoms with Crippen molar-refractivity contribution in [2.45, 2.75) is 31.9 Å². The van der Waals surface area contributed by atoms with Crippen LogP contribution in [0.15, 0.2) is 24.3 Å². The fourth-order valence-corrected chi connectivity index (χ4v) is 2.21. The van der Waals surface area contributed by atoms with E-state index in [2.05, 4.69) is 26.1 Å². The van der Waals surface area contributed by atoms with Gasteiger partial charge in [0.1, 0.15) is 5.82 Å². The van der Waals surface area contributed by atoms with Crippen LogP contribution in [-0.2, 0) is 11.2 Å². The van der Waals surface area contributed by atoms with Crippen molar-refractivity contribution in [3.63, 3.8) is 0 Å². The number of carbonyl (C=O) groups excluding carboxylic acids is 1. The first-order valence-corrected chi connectivity index (χ1v) is 7.00. The van der Waals surface area contributed by atoms with Crippen LogP contribution < -0.4 is 5.32 Å². The van der Waals surface area contributed by atoms with Gasteiger partial charge in [-0.05, 0) is 17.7 Å². The van der Waals surface area contributed by atoms with Crippen molar-refractivity contribution in [2.75, 3.05) is 12.3 Å². The summed E-state index contributed by atoms with van der Waals surface area (Å²) in [6.07, 6.45) is 0.306. The number of rotatable bonds is 5. The molecule has 1 N–H and O–H groups in total. The van der Waals surface area contributed by atoms with Gasteiger partial charge in [0.05, 0.1) is 6.42 Å². The highest BCUT2D eigenvalue weighted by Crippen LogP contribution is 2.21. The van der Waals surface area contributed by atoms with Gasteiger partial charge in [0.2, 0.25) is 5.91 Å². The third kappa shape index (κ3) is 6.64. The third-order valence-corrected chi connectivity index (χ3v) is 3.51. The standard InChI is InChI=1S/C14H20FNOS/c1-14(2,3)18-9-8-16-13(17)10-11-4-6-12(15)7-5-11/h4-7H,8-10H2,1-3H3,(H,16,17). The normalized spacial score (nSPS) is 11.3. The molecule has 0 saturated carbocycles. The van der Waals surface area contributed by atoms with Crippen LogP contribution in [0.3, 0.4) is 0 Å². The second-order valence-corrected chi connectivity index (χ2v) is 7.04. The second kappa shape index (κ2) is 6.78. The molecular formula is C14H20FNOS. The Morgan fingerprint density at radius 2 is 1.89 bits per heavy atom. The Balaban J connectivity index is 2.24. The molecule has 0 heterocycles. The first kappa shape index (κ1) is 15.0. The predicted octanol–water partition coefficient (Wildman–Crippen LogP) is 3.02. The van der Waals surface area contributed by atoms with Crippen LogP contribution in [-0.4, -0.2) is 23.0 Å². The topological polar surface area (TPSA) is 29.1 Å². The first-order valence-electron chi connectivity index (χ1n) is 6.02. The highest BCUT2D eigenvalue weighted by atomic mass is 32.2. The molecule has 0 aliphatic carbocycles. The summed E-state index contributed by atoms with van der Waals surface area (Å²) < 4.78 is 12.9. The van der Waals surface area contributed by atoms with Gasteiger partial charge < -0.3 is 5.32 Å². The molecule has 0 aliphatic rings. The monoisotopic (exact) mass is 269 g/mol. The van der Waals surface area contributed by atoms with Gasteiger partial charge in [-0.1, -0.05) is 32.9 Å². The summed E-state index contributed by atoms with van der Waals surface area (Å²) >= 11 is 1.82. The van der Waals surface area contributed by atoms with E-state index in [4.69, 9.17) is 0 Å². The van der Waals surface area contributed by atoms with Crippen LogP contribution >= 0.6 is 11.8 Å². The number of benzene rings is 1. The van der Waals surface area contributed by atoms with Gasteiger partial charge in [-0.3, -0.25) is 4.79 Å². The van der Waals surface area contributed by atoms with Gasteiger partial charge in [0.15, 0.2) is 0 Å². The van der Waals surface area contributed by atoms with Crippen molar-refractivity contribution in [3.8, 4) is 0 Å². The Bertz CT molecular complexity index is 384. The summed E-state index contributed by atoms with van der Waals surface area (Å²) in [4.78, 5) is 11.6. The summed E-state index contributed by atoms with van der Waals surface area (Å²) in [5.74, 6) is 0.607. The molecule has 100 valence electrons. The van der Waals surface area contributed by atoms with Gasteiger partial charge in [-0.15, -0.1) is 0 Å². The number of carbonyl (C=O) groups is 1. The van der Waals surface area contributed by atoms with Crippen molar-refractivity contribution in [2.24, 2.45) is 0 Å². The van der Waals surface area contributed by atoms with Gasteiger partial charge >= 0.3 is 0 Å². The molecule has 1 aromatic rings. The number of halogens is 1. The van der Waals surface area contributed by atoms with Crippen LogP contribution in [0, 0.1) is 5.82 Å². The first-order chi connectivity index (χ1) is 8.37. The van der Waals surface area contributed by atoms with E-state index in [0.29, 0.717) is 13.0 Å². The van der Waals surface area contributed by atoms with Crippen LogP contribution in [0.4, 0.5) is 4.39 Å². The summed E-state index contributed by atoms with van der Waals surface area (Å²) in [7, 11) is 0. The highest BCUT2D eigenvalue weighted by molar-refractivity contribution is 8.00. The van der Waals surface area contributed by atoms with E-state index in [1.807, 2.05) is 11.8 Å². The van der Waals surface area contributed by atoms with Crippen LogP contribution in [0.1, 0.15) is 26.3 Å². The minimum absolute atomic E-state index is 0.0175. The van der Waals surface area contributed by atoms with E-state index in [0.717, 1.165) is 11.3 Å². The molecule has 0 aliphatic heterocycles. The average molecular weight is 269 g/mol. The van der Waals surface area contributed by atoms with Crippen molar-refractivity contribution >= 4 is 17.7 Å². The Morgan fingerprint density at radius 1 is 1.28 bits per heavy atom. The molecule has 2 nitrogen and oxygen atoms in total. The zero-order chi connectivity index (χ0) is 13.6. The molecule has 0 radical (unpaired) electrons. The molecule has 0 spiro atoms. The third-order valence-electron chi connectivity index (χ3n) is 2.24. The van der Waals surface area contributed by atoms with E-state index < -0.39 is 0 Å². The predicted molar refractivity (Wildman–Crippen MR) is 75.3 cm³/mol. The molecule has 1 amide bonds. The fourth-order valence-electron chi connectivity index (χ4n) is 1.40. The lowest BCUT2D eigenvalue weighted by molar-refractivity contribution is -0.120. The molecule has 0 aromatic heterocycles. The minimum Gasteiger partial charge on any atom is -0.355 e. The van der Waals surface area contributed by atoms with Crippen molar-refractivity contribution in [3.05, 3.63) is 35.6 Å². The molecule has 1 aromatic carbocycles. The molecule has 0 unspecified atom stereocenters. The molecule has 0 saturated heterocycles. The lowest BCUT2D eigenvalue weighted by atomic mass is 10.1. The number of hydrogen-bond donors (Lipinski definition) is 1. The Hall–Kier alpha value is -1.03. The summed E-state index contributed by atoms with van der Waals surface area (Å²) in [6, 6.07) is 6.02. The Kier molecular flexibility index (Phi) is 5.66. The lowest BCUT2D eigenvalue weighted by Crippen LogP contribution is -2.28. The van der Waals surface area contributed by atoms with Gasteiger partial charge in [-0.25, -0.2) is 4.39 Å². The fraction of sp³-hybridized carbons (Fsp3) is 0.500. The van der Waals surface area contributed by atoms with Crippen molar-refractivity contribution in [1.29, 1.82) is 0 Å². The Morgan fingerprint density at radius 3 is 2.44 bits per heavy atom. The molecule has 18 heavy (non-hydrogen) atoms. The second-order valence-electron chi connectivity index (χ2n) is 5.11. The quantitative estimate of drug-likeness (QED) is 0.833. The van der Waals surface area contributed by atoms with E-state index in [9.17, 15) is 9.18 Å². The summed E-state index contributed by atoms with van der Waals surface area (Å²) in [6.45, 7) is 7.12. The highest BCUT2D eigenvalue weighted by Gasteiger charge is 2.10. The molecule has 1 rings (SSSR count). The number of thioether (sulfide) groups is 1. The zero-order valence-corrected chi connectivity index (χ0v) is 11.9. The molecule has 0 bridgehead atoms. The number of hydrogen-bond acceptors (Lipinski definition) is 2. The molecular weight excluding hydrogens is 249 g/mol. The van der Waals surface area contributed by atoms with E-state index >= 15 is 0 Å². The summed E-state index contributed by atoms with van der Waals surface area (Å²) in [5.41, 5.74) is 0.831. The zero-order valence-electron chi connectivity index (χ0n) is 11.1. The van der Waals surface area contributed by atoms with Crippen LogP contribution in [0.5, 0.6) is 0 Å². The molecule has 0 fully saturated rings. The maximum atomic E-state index is 12.7. The molecule has 0 atom stereocenters. The smallest absolute Gasteiger partial charge is 0.224 e. The van der Waals surface area contributed by atoms with Crippen LogP contribution in [0.25, 0.3) is 0 Å². The van der Waals surface area contributed by atoms with Crippen molar-refractivity contribution in [1.82, 2.24) is 5.32 Å². The maximum Gasteiger partial charge on any atom is 0.224 e. The van der Waals surface area contributed by atoms with Crippen LogP contribution in [0.2, 0.25) is 0 Å². The van der Waals surface area contributed by atoms with E-state index in [1.165, 1.54) is 12.1 Å². The largest absolute Gasteiger partial charge is 0.355 e. The SMILES string of the molecule is CC(C)(C)SCCNC(=O)Cc1ccc(F)cc1. The minimum atomic E-state index is -0.277. The lowest BCUT2D eigenvalue weighted by Gasteiger charge is -2.17. The maximum absolute atomic E-state index is 12.7. The molecule has 4 heteroatoms. The van der Waals surface area contributed by atoms with Gasteiger partial charge in [0, 0.05) is 17.0 Å². The van der Waals surface area contributed by atoms with Gasteiger partial charge in [0.25, 0.3) is 0 Å². The van der Waals surface area contributed by atoms with E-state index in [-0.39, 0.29) is 16.5 Å². The Labute approximate surface area is 112 Å². The average Bonchev–Trinajstić information content (AvgIpc) is 2.26.